The van der Waals surface area contributed by atoms with E-state index in [1.165, 1.54) is 17.4 Å². The van der Waals surface area contributed by atoms with Crippen molar-refractivity contribution in [2.75, 3.05) is 10.6 Å². The summed E-state index contributed by atoms with van der Waals surface area (Å²) in [5.41, 5.74) is 1.71. The summed E-state index contributed by atoms with van der Waals surface area (Å²) in [5.74, 6) is -2.31. The molecule has 0 radical (unpaired) electrons. The smallest absolute Gasteiger partial charge is 0.230 e. The topological polar surface area (TPSA) is 54.0 Å². The molecule has 122 valence electrons. The first-order valence-electron chi connectivity index (χ1n) is 7.11. The number of halogens is 2. The minimum atomic E-state index is -1.00. The molecule has 0 atom stereocenters. The second-order valence-electron chi connectivity index (χ2n) is 4.99. The van der Waals surface area contributed by atoms with Crippen LogP contribution in [0.25, 0.3) is 0 Å². The Morgan fingerprint density at radius 1 is 1.04 bits per heavy atom. The standard InChI is InChI=1S/C17H13F2N3OS/c18-14-7-6-12(8-15(14)19)20-16(23)9-13-10-24-17(22-13)21-11-4-2-1-3-5-11/h1-8,10H,9H2,(H,20,23)(H,21,22). The van der Waals surface area contributed by atoms with Gasteiger partial charge in [-0.1, -0.05) is 18.2 Å². The van der Waals surface area contributed by atoms with Gasteiger partial charge in [0.05, 0.1) is 12.1 Å². The highest BCUT2D eigenvalue weighted by Gasteiger charge is 2.10. The molecule has 0 spiro atoms. The first kappa shape index (κ1) is 16.1. The van der Waals surface area contributed by atoms with Gasteiger partial charge in [0.25, 0.3) is 0 Å². The number of nitrogens with zero attached hydrogens (tertiary/aromatic N) is 1. The Morgan fingerprint density at radius 3 is 2.58 bits per heavy atom. The molecule has 0 fully saturated rings. The molecule has 1 amide bonds. The van der Waals surface area contributed by atoms with E-state index in [0.717, 1.165) is 17.8 Å². The lowest BCUT2D eigenvalue weighted by Crippen LogP contribution is -2.14. The molecule has 0 bridgehead atoms. The van der Waals surface area contributed by atoms with Crippen LogP contribution in [0.3, 0.4) is 0 Å². The normalized spacial score (nSPS) is 10.4. The number of carbonyl (C=O) groups excluding carboxylic acids is 1. The van der Waals surface area contributed by atoms with E-state index >= 15 is 0 Å². The van der Waals surface area contributed by atoms with E-state index in [0.29, 0.717) is 10.8 Å². The summed E-state index contributed by atoms with van der Waals surface area (Å²) in [5, 5.41) is 8.11. The SMILES string of the molecule is O=C(Cc1csc(Nc2ccccc2)n1)Nc1ccc(F)c(F)c1. The summed E-state index contributed by atoms with van der Waals surface area (Å²) in [4.78, 5) is 16.3. The lowest BCUT2D eigenvalue weighted by atomic mass is 10.2. The number of aromatic nitrogens is 1. The number of benzene rings is 2. The highest BCUT2D eigenvalue weighted by atomic mass is 32.1. The van der Waals surface area contributed by atoms with Gasteiger partial charge in [-0.2, -0.15) is 0 Å². The molecular weight excluding hydrogens is 332 g/mol. The summed E-state index contributed by atoms with van der Waals surface area (Å²) in [7, 11) is 0. The van der Waals surface area contributed by atoms with E-state index in [1.54, 1.807) is 5.38 Å². The molecule has 0 unspecified atom stereocenters. The maximum absolute atomic E-state index is 13.1. The van der Waals surface area contributed by atoms with Crippen molar-refractivity contribution in [1.29, 1.82) is 0 Å². The molecule has 0 aliphatic rings. The fourth-order valence-corrected chi connectivity index (χ4v) is 2.76. The zero-order chi connectivity index (χ0) is 16.9. The Hall–Kier alpha value is -2.80. The number of rotatable bonds is 5. The number of nitrogens with one attached hydrogen (secondary N) is 2. The Kier molecular flexibility index (Phi) is 4.81. The molecule has 4 nitrogen and oxygen atoms in total. The van der Waals surface area contributed by atoms with Gasteiger partial charge in [0.2, 0.25) is 5.91 Å². The molecule has 0 aliphatic carbocycles. The predicted octanol–water partition coefficient (Wildman–Crippen LogP) is 4.35. The monoisotopic (exact) mass is 345 g/mol. The fourth-order valence-electron chi connectivity index (χ4n) is 2.03. The Bertz CT molecular complexity index is 852. The van der Waals surface area contributed by atoms with Crippen molar-refractivity contribution < 1.29 is 13.6 Å². The van der Waals surface area contributed by atoms with E-state index in [9.17, 15) is 13.6 Å². The molecule has 0 saturated heterocycles. The minimum absolute atomic E-state index is 0.0476. The summed E-state index contributed by atoms with van der Waals surface area (Å²) >= 11 is 1.39. The summed E-state index contributed by atoms with van der Waals surface area (Å²) in [6.07, 6.45) is 0.0476. The molecule has 0 aliphatic heterocycles. The van der Waals surface area contributed by atoms with Crippen molar-refractivity contribution in [3.8, 4) is 0 Å². The van der Waals surface area contributed by atoms with Gasteiger partial charge in [-0.05, 0) is 24.3 Å². The van der Waals surface area contributed by atoms with E-state index in [2.05, 4.69) is 15.6 Å². The summed E-state index contributed by atoms with van der Waals surface area (Å²) in [6.45, 7) is 0. The summed E-state index contributed by atoms with van der Waals surface area (Å²) < 4.78 is 26.0. The average Bonchev–Trinajstić information content (AvgIpc) is 2.99. The average molecular weight is 345 g/mol. The van der Waals surface area contributed by atoms with Crippen LogP contribution in [0, 0.1) is 11.6 Å². The van der Waals surface area contributed by atoms with Crippen LogP contribution in [0.4, 0.5) is 25.3 Å². The minimum Gasteiger partial charge on any atom is -0.332 e. The van der Waals surface area contributed by atoms with Crippen molar-refractivity contribution in [3.05, 3.63) is 71.2 Å². The van der Waals surface area contributed by atoms with Gasteiger partial charge < -0.3 is 10.6 Å². The molecule has 1 heterocycles. The van der Waals surface area contributed by atoms with E-state index in [4.69, 9.17) is 0 Å². The highest BCUT2D eigenvalue weighted by Crippen LogP contribution is 2.21. The molecule has 2 N–H and O–H groups in total. The Labute approximate surface area is 141 Å². The van der Waals surface area contributed by atoms with Crippen molar-refractivity contribution in [1.82, 2.24) is 4.98 Å². The number of amides is 1. The molecule has 0 saturated carbocycles. The number of thiazole rings is 1. The molecule has 1 aromatic heterocycles. The molecule has 2 aromatic carbocycles. The van der Waals surface area contributed by atoms with Crippen LogP contribution in [0.5, 0.6) is 0 Å². The van der Waals surface area contributed by atoms with Crippen LogP contribution < -0.4 is 10.6 Å². The van der Waals surface area contributed by atoms with E-state index in [1.807, 2.05) is 30.3 Å². The van der Waals surface area contributed by atoms with Crippen molar-refractivity contribution in [2.45, 2.75) is 6.42 Å². The second-order valence-corrected chi connectivity index (χ2v) is 5.85. The van der Waals surface area contributed by atoms with Gasteiger partial charge in [-0.3, -0.25) is 4.79 Å². The van der Waals surface area contributed by atoms with Crippen LogP contribution in [0.2, 0.25) is 0 Å². The van der Waals surface area contributed by atoms with E-state index < -0.39 is 11.6 Å². The Balaban J connectivity index is 1.59. The summed E-state index contributed by atoms with van der Waals surface area (Å²) in [6, 6.07) is 12.8. The van der Waals surface area contributed by atoms with Crippen molar-refractivity contribution in [3.63, 3.8) is 0 Å². The van der Waals surface area contributed by atoms with Gasteiger partial charge in [0.15, 0.2) is 16.8 Å². The van der Waals surface area contributed by atoms with Gasteiger partial charge in [0, 0.05) is 22.8 Å². The maximum atomic E-state index is 13.1. The zero-order valence-electron chi connectivity index (χ0n) is 12.4. The van der Waals surface area contributed by atoms with Crippen molar-refractivity contribution >= 4 is 33.8 Å². The molecule has 3 aromatic rings. The van der Waals surface area contributed by atoms with Gasteiger partial charge in [-0.25, -0.2) is 13.8 Å². The number of anilines is 3. The van der Waals surface area contributed by atoms with Crippen LogP contribution in [-0.4, -0.2) is 10.9 Å². The van der Waals surface area contributed by atoms with Crippen LogP contribution in [0.1, 0.15) is 5.69 Å². The third-order valence-corrected chi connectivity index (χ3v) is 3.93. The third kappa shape index (κ3) is 4.14. The molecular formula is C17H13F2N3OS. The number of hydrogen-bond acceptors (Lipinski definition) is 4. The second kappa shape index (κ2) is 7.18. The number of hydrogen-bond donors (Lipinski definition) is 2. The first-order valence-corrected chi connectivity index (χ1v) is 7.99. The number of para-hydroxylation sites is 1. The lowest BCUT2D eigenvalue weighted by molar-refractivity contribution is -0.115. The van der Waals surface area contributed by atoms with Crippen LogP contribution in [-0.2, 0) is 11.2 Å². The largest absolute Gasteiger partial charge is 0.332 e. The third-order valence-electron chi connectivity index (χ3n) is 3.12. The lowest BCUT2D eigenvalue weighted by Gasteiger charge is -2.04. The Morgan fingerprint density at radius 2 is 1.83 bits per heavy atom. The predicted molar refractivity (Wildman–Crippen MR) is 90.5 cm³/mol. The molecule has 3 rings (SSSR count). The van der Waals surface area contributed by atoms with Crippen LogP contribution in [0.15, 0.2) is 53.9 Å². The molecule has 7 heteroatoms. The highest BCUT2D eigenvalue weighted by molar-refractivity contribution is 7.13. The zero-order valence-corrected chi connectivity index (χ0v) is 13.2. The number of carbonyl (C=O) groups is 1. The van der Waals surface area contributed by atoms with Gasteiger partial charge in [-0.15, -0.1) is 11.3 Å². The van der Waals surface area contributed by atoms with E-state index in [-0.39, 0.29) is 18.0 Å². The van der Waals surface area contributed by atoms with Gasteiger partial charge in [0.1, 0.15) is 0 Å². The quantitative estimate of drug-likeness (QED) is 0.723. The van der Waals surface area contributed by atoms with Crippen LogP contribution >= 0.6 is 11.3 Å². The van der Waals surface area contributed by atoms with Gasteiger partial charge >= 0.3 is 0 Å². The van der Waals surface area contributed by atoms with Crippen molar-refractivity contribution in [2.24, 2.45) is 0 Å². The maximum Gasteiger partial charge on any atom is 0.230 e. The molecule has 24 heavy (non-hydrogen) atoms. The first-order chi connectivity index (χ1) is 11.6. The fraction of sp³-hybridized carbons (Fsp3) is 0.0588.